The van der Waals surface area contributed by atoms with Crippen molar-refractivity contribution in [1.82, 2.24) is 5.32 Å². The van der Waals surface area contributed by atoms with E-state index < -0.39 is 6.10 Å². The van der Waals surface area contributed by atoms with Gasteiger partial charge in [-0.1, -0.05) is 25.1 Å². The SMILES string of the molecule is CCNC(C)CC(=O)Nc1ccccc1C(C)O. The molecule has 1 amide bonds. The van der Waals surface area contributed by atoms with E-state index >= 15 is 0 Å². The number of hydrogen-bond acceptors (Lipinski definition) is 3. The number of carbonyl (C=O) groups is 1. The molecule has 0 saturated carbocycles. The van der Waals surface area contributed by atoms with Gasteiger partial charge in [0.1, 0.15) is 0 Å². The molecule has 18 heavy (non-hydrogen) atoms. The van der Waals surface area contributed by atoms with Gasteiger partial charge in [0.05, 0.1) is 6.10 Å². The summed E-state index contributed by atoms with van der Waals surface area (Å²) in [5, 5.41) is 15.7. The minimum atomic E-state index is -0.590. The number of aliphatic hydroxyl groups excluding tert-OH is 1. The minimum absolute atomic E-state index is 0.0449. The molecule has 3 N–H and O–H groups in total. The average molecular weight is 250 g/mol. The van der Waals surface area contributed by atoms with E-state index in [9.17, 15) is 9.90 Å². The Balaban J connectivity index is 2.64. The van der Waals surface area contributed by atoms with Crippen molar-refractivity contribution in [3.8, 4) is 0 Å². The van der Waals surface area contributed by atoms with Crippen LogP contribution in [0.1, 0.15) is 38.9 Å². The van der Waals surface area contributed by atoms with Crippen molar-refractivity contribution in [1.29, 1.82) is 0 Å². The lowest BCUT2D eigenvalue weighted by Gasteiger charge is -2.15. The molecule has 0 aromatic heterocycles. The Kier molecular flexibility index (Phi) is 5.82. The summed E-state index contributed by atoms with van der Waals surface area (Å²) in [4.78, 5) is 11.8. The Morgan fingerprint density at radius 3 is 2.61 bits per heavy atom. The molecule has 0 bridgehead atoms. The van der Waals surface area contributed by atoms with Crippen LogP contribution < -0.4 is 10.6 Å². The van der Waals surface area contributed by atoms with E-state index in [0.29, 0.717) is 12.1 Å². The van der Waals surface area contributed by atoms with Crippen LogP contribution in [-0.2, 0) is 4.79 Å². The van der Waals surface area contributed by atoms with Gasteiger partial charge in [0.2, 0.25) is 5.91 Å². The summed E-state index contributed by atoms with van der Waals surface area (Å²) in [6.07, 6.45) is -0.171. The van der Waals surface area contributed by atoms with Crippen molar-refractivity contribution in [3.05, 3.63) is 29.8 Å². The molecule has 0 aliphatic heterocycles. The second-order valence-electron chi connectivity index (χ2n) is 4.47. The Labute approximate surface area is 108 Å². The lowest BCUT2D eigenvalue weighted by atomic mass is 10.1. The molecule has 0 heterocycles. The third-order valence-corrected chi connectivity index (χ3v) is 2.73. The van der Waals surface area contributed by atoms with Crippen LogP contribution in [0.25, 0.3) is 0 Å². The molecule has 100 valence electrons. The van der Waals surface area contributed by atoms with Crippen LogP contribution in [0.4, 0.5) is 5.69 Å². The normalized spacial score (nSPS) is 14.0. The fourth-order valence-corrected chi connectivity index (χ4v) is 1.88. The maximum Gasteiger partial charge on any atom is 0.225 e. The zero-order valence-corrected chi connectivity index (χ0v) is 11.2. The molecular formula is C14H22N2O2. The van der Waals surface area contributed by atoms with E-state index in [-0.39, 0.29) is 11.9 Å². The molecule has 0 fully saturated rings. The van der Waals surface area contributed by atoms with Crippen molar-refractivity contribution in [2.24, 2.45) is 0 Å². The monoisotopic (exact) mass is 250 g/mol. The van der Waals surface area contributed by atoms with Crippen LogP contribution >= 0.6 is 0 Å². The smallest absolute Gasteiger partial charge is 0.225 e. The van der Waals surface area contributed by atoms with Crippen LogP contribution in [0.3, 0.4) is 0 Å². The Morgan fingerprint density at radius 1 is 1.33 bits per heavy atom. The van der Waals surface area contributed by atoms with Crippen LogP contribution in [0.15, 0.2) is 24.3 Å². The number of carbonyl (C=O) groups excluding carboxylic acids is 1. The highest BCUT2D eigenvalue weighted by Crippen LogP contribution is 2.22. The highest BCUT2D eigenvalue weighted by molar-refractivity contribution is 5.91. The van der Waals surface area contributed by atoms with Crippen molar-refractivity contribution < 1.29 is 9.90 Å². The summed E-state index contributed by atoms with van der Waals surface area (Å²) in [5.41, 5.74) is 1.42. The molecule has 0 aliphatic carbocycles. The van der Waals surface area contributed by atoms with Gasteiger partial charge in [-0.3, -0.25) is 4.79 Å². The van der Waals surface area contributed by atoms with Crippen LogP contribution in [0.5, 0.6) is 0 Å². The first-order valence-corrected chi connectivity index (χ1v) is 6.34. The zero-order valence-electron chi connectivity index (χ0n) is 11.2. The maximum absolute atomic E-state index is 11.8. The van der Waals surface area contributed by atoms with Gasteiger partial charge in [0.15, 0.2) is 0 Å². The Morgan fingerprint density at radius 2 is 2.00 bits per heavy atom. The fourth-order valence-electron chi connectivity index (χ4n) is 1.88. The molecule has 1 aromatic rings. The quantitative estimate of drug-likeness (QED) is 0.724. The van der Waals surface area contributed by atoms with Crippen LogP contribution in [-0.4, -0.2) is 23.6 Å². The van der Waals surface area contributed by atoms with Gasteiger partial charge in [-0.05, 0) is 26.5 Å². The van der Waals surface area contributed by atoms with Gasteiger partial charge < -0.3 is 15.7 Å². The molecule has 2 atom stereocenters. The highest BCUT2D eigenvalue weighted by Gasteiger charge is 2.12. The summed E-state index contributed by atoms with van der Waals surface area (Å²) in [5.74, 6) is -0.0449. The maximum atomic E-state index is 11.8. The van der Waals surface area contributed by atoms with Crippen LogP contribution in [0, 0.1) is 0 Å². The summed E-state index contributed by atoms with van der Waals surface area (Å²) in [6.45, 7) is 6.52. The molecule has 0 radical (unpaired) electrons. The van der Waals surface area contributed by atoms with Crippen molar-refractivity contribution in [2.75, 3.05) is 11.9 Å². The van der Waals surface area contributed by atoms with Gasteiger partial charge >= 0.3 is 0 Å². The van der Waals surface area contributed by atoms with Gasteiger partial charge in [0, 0.05) is 23.7 Å². The average Bonchev–Trinajstić information content (AvgIpc) is 2.29. The van der Waals surface area contributed by atoms with Gasteiger partial charge in [-0.15, -0.1) is 0 Å². The van der Waals surface area contributed by atoms with E-state index in [1.165, 1.54) is 0 Å². The molecule has 0 aliphatic rings. The first kappa shape index (κ1) is 14.7. The first-order chi connectivity index (χ1) is 8.54. The Bertz CT molecular complexity index is 391. The van der Waals surface area contributed by atoms with Crippen molar-refractivity contribution >= 4 is 11.6 Å². The Hall–Kier alpha value is -1.39. The number of aliphatic hydroxyl groups is 1. The number of anilines is 1. The van der Waals surface area contributed by atoms with Crippen LogP contribution in [0.2, 0.25) is 0 Å². The van der Waals surface area contributed by atoms with Gasteiger partial charge in [0.25, 0.3) is 0 Å². The summed E-state index contributed by atoms with van der Waals surface area (Å²) < 4.78 is 0. The molecule has 4 nitrogen and oxygen atoms in total. The molecule has 2 unspecified atom stereocenters. The number of rotatable bonds is 6. The number of benzene rings is 1. The molecule has 1 aromatic carbocycles. The standard InChI is InChI=1S/C14H22N2O2/c1-4-15-10(2)9-14(18)16-13-8-6-5-7-12(13)11(3)17/h5-8,10-11,15,17H,4,9H2,1-3H3,(H,16,18). The third-order valence-electron chi connectivity index (χ3n) is 2.73. The third kappa shape index (κ3) is 4.47. The number of hydrogen-bond donors (Lipinski definition) is 3. The van der Waals surface area contributed by atoms with E-state index in [0.717, 1.165) is 12.1 Å². The minimum Gasteiger partial charge on any atom is -0.389 e. The van der Waals surface area contributed by atoms with Gasteiger partial charge in [-0.25, -0.2) is 0 Å². The van der Waals surface area contributed by atoms with E-state index in [4.69, 9.17) is 0 Å². The summed E-state index contributed by atoms with van der Waals surface area (Å²) >= 11 is 0. The van der Waals surface area contributed by atoms with Gasteiger partial charge in [-0.2, -0.15) is 0 Å². The molecule has 0 saturated heterocycles. The van der Waals surface area contributed by atoms with Crippen molar-refractivity contribution in [2.45, 2.75) is 39.3 Å². The second-order valence-corrected chi connectivity index (χ2v) is 4.47. The lowest BCUT2D eigenvalue weighted by Crippen LogP contribution is -2.30. The van der Waals surface area contributed by atoms with E-state index in [1.54, 1.807) is 13.0 Å². The largest absolute Gasteiger partial charge is 0.389 e. The zero-order chi connectivity index (χ0) is 13.5. The topological polar surface area (TPSA) is 61.4 Å². The number of amides is 1. The van der Waals surface area contributed by atoms with E-state index in [2.05, 4.69) is 10.6 Å². The second kappa shape index (κ2) is 7.13. The van der Waals surface area contributed by atoms with E-state index in [1.807, 2.05) is 32.0 Å². The molecular weight excluding hydrogens is 228 g/mol. The number of nitrogens with one attached hydrogen (secondary N) is 2. The predicted molar refractivity (Wildman–Crippen MR) is 73.5 cm³/mol. The highest BCUT2D eigenvalue weighted by atomic mass is 16.3. The van der Waals surface area contributed by atoms with Crippen molar-refractivity contribution in [3.63, 3.8) is 0 Å². The summed E-state index contributed by atoms with van der Waals surface area (Å²) in [6, 6.07) is 7.45. The molecule has 0 spiro atoms. The fraction of sp³-hybridized carbons (Fsp3) is 0.500. The lowest BCUT2D eigenvalue weighted by molar-refractivity contribution is -0.116. The number of para-hydroxylation sites is 1. The first-order valence-electron chi connectivity index (χ1n) is 6.34. The molecule has 1 rings (SSSR count). The molecule has 4 heteroatoms. The predicted octanol–water partition coefficient (Wildman–Crippen LogP) is 2.07. The summed E-state index contributed by atoms with van der Waals surface area (Å²) in [7, 11) is 0.